The molecule has 0 aromatic heterocycles. The molecule has 1 N–H and O–H groups in total. The van der Waals surface area contributed by atoms with Crippen molar-refractivity contribution >= 4 is 17.4 Å². The molecule has 1 aliphatic heterocycles. The fourth-order valence-electron chi connectivity index (χ4n) is 4.54. The van der Waals surface area contributed by atoms with Crippen LogP contribution in [0, 0.1) is 17.6 Å². The number of Topliss-reactive ketones (excluding diaryl/α,β-unsaturated/α-hetero) is 1. The van der Waals surface area contributed by atoms with E-state index in [0.29, 0.717) is 44.0 Å². The van der Waals surface area contributed by atoms with Crippen molar-refractivity contribution in [2.24, 2.45) is 5.92 Å². The van der Waals surface area contributed by atoms with Gasteiger partial charge in [-0.2, -0.15) is 0 Å². The minimum absolute atomic E-state index is 0.204. The predicted octanol–water partition coefficient (Wildman–Crippen LogP) is 5.64. The van der Waals surface area contributed by atoms with Gasteiger partial charge in [0.05, 0.1) is 17.9 Å². The van der Waals surface area contributed by atoms with Crippen molar-refractivity contribution in [2.45, 2.75) is 25.8 Å². The number of ether oxygens (including phenoxy) is 1. The molecule has 3 aromatic rings. The van der Waals surface area contributed by atoms with Crippen LogP contribution in [0.5, 0.6) is 5.75 Å². The fourth-order valence-corrected chi connectivity index (χ4v) is 4.54. The lowest BCUT2D eigenvalue weighted by atomic mass is 9.87. The standard InChI is InChI=1S/C28H28F2N2O3/c1-2-35-25-11-7-6-10-24(25)31-28(34)26(19-8-4-3-5-9-19)32-16-14-20(15-17-32)27(33)22-18-21(29)12-13-23(22)30/h3-13,18,20,26H,2,14-17H2,1H3,(H,31,34). The van der Waals surface area contributed by atoms with E-state index in [0.717, 1.165) is 23.8 Å². The van der Waals surface area contributed by atoms with E-state index in [1.807, 2.05) is 54.3 Å². The molecule has 5 nitrogen and oxygen atoms in total. The highest BCUT2D eigenvalue weighted by molar-refractivity contribution is 5.98. The monoisotopic (exact) mass is 478 g/mol. The first-order chi connectivity index (χ1) is 17.0. The number of anilines is 1. The zero-order chi connectivity index (χ0) is 24.8. The molecule has 1 saturated heterocycles. The fraction of sp³-hybridized carbons (Fsp3) is 0.286. The highest BCUT2D eigenvalue weighted by Gasteiger charge is 2.34. The van der Waals surface area contributed by atoms with E-state index >= 15 is 0 Å². The Morgan fingerprint density at radius 2 is 1.69 bits per heavy atom. The lowest BCUT2D eigenvalue weighted by molar-refractivity contribution is -0.122. The summed E-state index contributed by atoms with van der Waals surface area (Å²) in [6.07, 6.45) is 0.891. The maximum atomic E-state index is 14.1. The van der Waals surface area contributed by atoms with Gasteiger partial charge in [0.25, 0.3) is 0 Å². The van der Waals surface area contributed by atoms with E-state index in [9.17, 15) is 18.4 Å². The summed E-state index contributed by atoms with van der Waals surface area (Å²) in [4.78, 5) is 28.4. The second kappa shape index (κ2) is 11.2. The molecule has 1 unspecified atom stereocenters. The van der Waals surface area contributed by atoms with Gasteiger partial charge < -0.3 is 10.1 Å². The number of hydrogen-bond donors (Lipinski definition) is 1. The SMILES string of the molecule is CCOc1ccccc1NC(=O)C(c1ccccc1)N1CCC(C(=O)c2cc(F)ccc2F)CC1. The Balaban J connectivity index is 1.51. The van der Waals surface area contributed by atoms with Crippen molar-refractivity contribution in [1.29, 1.82) is 0 Å². The highest BCUT2D eigenvalue weighted by atomic mass is 19.1. The van der Waals surface area contributed by atoms with Gasteiger partial charge in [0.2, 0.25) is 5.91 Å². The molecule has 1 fully saturated rings. The van der Waals surface area contributed by atoms with Gasteiger partial charge in [0.1, 0.15) is 23.4 Å². The first-order valence-corrected chi connectivity index (χ1v) is 11.8. The number of ketones is 1. The van der Waals surface area contributed by atoms with Gasteiger partial charge in [-0.3, -0.25) is 14.5 Å². The van der Waals surface area contributed by atoms with Crippen molar-refractivity contribution in [3.8, 4) is 5.75 Å². The number of amides is 1. The molecule has 0 saturated carbocycles. The molecule has 1 amide bonds. The van der Waals surface area contributed by atoms with E-state index in [2.05, 4.69) is 5.32 Å². The third kappa shape index (κ3) is 5.74. The number of carbonyl (C=O) groups excluding carboxylic acids is 2. The molecular weight excluding hydrogens is 450 g/mol. The Labute approximate surface area is 203 Å². The molecule has 1 heterocycles. The second-order valence-electron chi connectivity index (χ2n) is 8.53. The number of likely N-dealkylation sites (tertiary alicyclic amines) is 1. The number of nitrogens with one attached hydrogen (secondary N) is 1. The van der Waals surface area contributed by atoms with Gasteiger partial charge in [-0.25, -0.2) is 8.78 Å². The molecule has 0 bridgehead atoms. The van der Waals surface area contributed by atoms with Crippen LogP contribution in [0.3, 0.4) is 0 Å². The van der Waals surface area contributed by atoms with Crippen molar-refractivity contribution in [3.05, 3.63) is 95.6 Å². The quantitative estimate of drug-likeness (QED) is 0.426. The Bertz CT molecular complexity index is 1180. The summed E-state index contributed by atoms with van der Waals surface area (Å²) in [5.41, 5.74) is 1.21. The van der Waals surface area contributed by atoms with E-state index < -0.39 is 29.4 Å². The van der Waals surface area contributed by atoms with Crippen molar-refractivity contribution < 1.29 is 23.1 Å². The Kier molecular flexibility index (Phi) is 7.87. The molecule has 1 atom stereocenters. The summed E-state index contributed by atoms with van der Waals surface area (Å²) in [7, 11) is 0. The molecule has 0 aliphatic carbocycles. The number of halogens is 2. The lowest BCUT2D eigenvalue weighted by Crippen LogP contribution is -2.43. The summed E-state index contributed by atoms with van der Waals surface area (Å²) >= 11 is 0. The van der Waals surface area contributed by atoms with Gasteiger partial charge in [-0.05, 0) is 68.8 Å². The number of para-hydroxylation sites is 2. The normalized spacial score (nSPS) is 15.4. The van der Waals surface area contributed by atoms with E-state index in [4.69, 9.17) is 4.74 Å². The summed E-state index contributed by atoms with van der Waals surface area (Å²) in [6, 6.07) is 19.1. The van der Waals surface area contributed by atoms with Gasteiger partial charge in [-0.1, -0.05) is 42.5 Å². The van der Waals surface area contributed by atoms with Crippen LogP contribution in [0.15, 0.2) is 72.8 Å². The van der Waals surface area contributed by atoms with Crippen molar-refractivity contribution in [2.75, 3.05) is 25.0 Å². The van der Waals surface area contributed by atoms with Crippen LogP contribution in [-0.2, 0) is 4.79 Å². The maximum Gasteiger partial charge on any atom is 0.246 e. The minimum atomic E-state index is -0.715. The van der Waals surface area contributed by atoms with E-state index in [1.54, 1.807) is 12.1 Å². The van der Waals surface area contributed by atoms with E-state index in [-0.39, 0.29) is 11.5 Å². The number of piperidine rings is 1. The van der Waals surface area contributed by atoms with E-state index in [1.165, 1.54) is 0 Å². The van der Waals surface area contributed by atoms with Crippen LogP contribution >= 0.6 is 0 Å². The number of carbonyl (C=O) groups is 2. The second-order valence-corrected chi connectivity index (χ2v) is 8.53. The van der Waals surface area contributed by atoms with Crippen LogP contribution in [0.4, 0.5) is 14.5 Å². The average Bonchev–Trinajstić information content (AvgIpc) is 2.88. The molecule has 0 radical (unpaired) electrons. The Morgan fingerprint density at radius 3 is 2.40 bits per heavy atom. The minimum Gasteiger partial charge on any atom is -0.492 e. The maximum absolute atomic E-state index is 14.1. The molecule has 3 aromatic carbocycles. The van der Waals surface area contributed by atoms with Crippen LogP contribution < -0.4 is 10.1 Å². The number of rotatable bonds is 8. The Morgan fingerprint density at radius 1 is 1.00 bits per heavy atom. The zero-order valence-corrected chi connectivity index (χ0v) is 19.5. The number of nitrogens with zero attached hydrogens (tertiary/aromatic N) is 1. The topological polar surface area (TPSA) is 58.6 Å². The predicted molar refractivity (Wildman–Crippen MR) is 130 cm³/mol. The van der Waals surface area contributed by atoms with Crippen LogP contribution in [0.2, 0.25) is 0 Å². The van der Waals surface area contributed by atoms with Gasteiger partial charge in [0, 0.05) is 5.92 Å². The summed E-state index contributed by atoms with van der Waals surface area (Å²) < 4.78 is 33.4. The zero-order valence-electron chi connectivity index (χ0n) is 19.5. The summed E-state index contributed by atoms with van der Waals surface area (Å²) in [5.74, 6) is -1.79. The summed E-state index contributed by atoms with van der Waals surface area (Å²) in [5, 5.41) is 3.00. The van der Waals surface area contributed by atoms with Crippen molar-refractivity contribution in [3.63, 3.8) is 0 Å². The van der Waals surface area contributed by atoms with Crippen LogP contribution in [-0.4, -0.2) is 36.3 Å². The first-order valence-electron chi connectivity index (χ1n) is 11.8. The molecule has 4 rings (SSSR count). The lowest BCUT2D eigenvalue weighted by Gasteiger charge is -2.36. The summed E-state index contributed by atoms with van der Waals surface area (Å²) in [6.45, 7) is 3.29. The molecule has 182 valence electrons. The van der Waals surface area contributed by atoms with Crippen LogP contribution in [0.1, 0.15) is 41.7 Å². The average molecular weight is 479 g/mol. The van der Waals surface area contributed by atoms with Gasteiger partial charge in [0.15, 0.2) is 5.78 Å². The number of benzene rings is 3. The molecule has 0 spiro atoms. The Hall–Kier alpha value is -3.58. The molecule has 35 heavy (non-hydrogen) atoms. The first kappa shape index (κ1) is 24.5. The van der Waals surface area contributed by atoms with Gasteiger partial charge >= 0.3 is 0 Å². The molecule has 7 heteroatoms. The third-order valence-electron chi connectivity index (χ3n) is 6.27. The van der Waals surface area contributed by atoms with Crippen molar-refractivity contribution in [1.82, 2.24) is 4.90 Å². The van der Waals surface area contributed by atoms with Crippen LogP contribution in [0.25, 0.3) is 0 Å². The highest BCUT2D eigenvalue weighted by Crippen LogP contribution is 2.32. The molecular formula is C28H28F2N2O3. The van der Waals surface area contributed by atoms with Gasteiger partial charge in [-0.15, -0.1) is 0 Å². The largest absolute Gasteiger partial charge is 0.492 e. The smallest absolute Gasteiger partial charge is 0.246 e. The molecule has 1 aliphatic rings. The number of hydrogen-bond acceptors (Lipinski definition) is 4. The third-order valence-corrected chi connectivity index (χ3v) is 6.27.